The van der Waals surface area contributed by atoms with Gasteiger partial charge in [-0.2, -0.15) is 0 Å². The van der Waals surface area contributed by atoms with E-state index in [4.69, 9.17) is 4.74 Å². The molecule has 11 nitrogen and oxygen atoms in total. The molecule has 4 heterocycles. The van der Waals surface area contributed by atoms with E-state index in [1.54, 1.807) is 24.5 Å². The summed E-state index contributed by atoms with van der Waals surface area (Å²) in [5, 5.41) is 2.91. The second kappa shape index (κ2) is 12.5. The van der Waals surface area contributed by atoms with E-state index in [0.29, 0.717) is 86.2 Å². The quantitative estimate of drug-likeness (QED) is 0.324. The maximum absolute atomic E-state index is 13.6. The van der Waals surface area contributed by atoms with E-state index in [-0.39, 0.29) is 16.2 Å². The van der Waals surface area contributed by atoms with Crippen molar-refractivity contribution in [2.75, 3.05) is 31.0 Å². The fourth-order valence-corrected chi connectivity index (χ4v) is 6.61. The number of thiazole rings is 1. The summed E-state index contributed by atoms with van der Waals surface area (Å²) in [7, 11) is -3.45. The molecule has 2 N–H and O–H groups in total. The first kappa shape index (κ1) is 28.3. The number of pyridine rings is 1. The average molecular weight is 590 g/mol. The number of hydrogen-bond donors (Lipinski definition) is 2. The molecule has 2 fully saturated rings. The molecule has 0 radical (unpaired) electrons. The number of halogens is 1. The zero-order valence-corrected chi connectivity index (χ0v) is 23.8. The Balaban J connectivity index is 1.32. The largest absolute Gasteiger partial charge is 0.477 e. The molecule has 0 aromatic carbocycles. The number of anilines is 1. The SMILES string of the molecule is CCOc1cncc(-c2cnc(C(=O)N[C@@H](CCN3CCC(F)CC3)c3cc(NS(=O)(=O)C4CC4)ccn3)s2)n1. The van der Waals surface area contributed by atoms with Gasteiger partial charge in [0.05, 0.1) is 46.6 Å². The second-order valence-corrected chi connectivity index (χ2v) is 12.8. The fraction of sp³-hybridized carbons (Fsp3) is 0.500. The number of nitrogens with zero attached hydrogens (tertiary/aromatic N) is 5. The predicted octanol–water partition coefficient (Wildman–Crippen LogP) is 3.59. The number of hydrogen-bond acceptors (Lipinski definition) is 10. The molecular weight excluding hydrogens is 557 g/mol. The zero-order chi connectivity index (χ0) is 28.1. The van der Waals surface area contributed by atoms with E-state index < -0.39 is 22.2 Å². The number of carbonyl (C=O) groups is 1. The summed E-state index contributed by atoms with van der Waals surface area (Å²) >= 11 is 1.18. The highest BCUT2D eigenvalue weighted by Gasteiger charge is 2.36. The molecule has 0 unspecified atom stereocenters. The van der Waals surface area contributed by atoms with Gasteiger partial charge in [0.2, 0.25) is 15.9 Å². The van der Waals surface area contributed by atoms with Crippen molar-refractivity contribution in [3.63, 3.8) is 0 Å². The number of piperidine rings is 1. The molecule has 2 aliphatic rings. The van der Waals surface area contributed by atoms with Crippen LogP contribution in [0.1, 0.15) is 60.6 Å². The molecule has 1 amide bonds. The van der Waals surface area contributed by atoms with E-state index in [0.717, 1.165) is 0 Å². The zero-order valence-electron chi connectivity index (χ0n) is 22.1. The van der Waals surface area contributed by atoms with Crippen LogP contribution in [0.5, 0.6) is 5.88 Å². The maximum Gasteiger partial charge on any atom is 0.280 e. The van der Waals surface area contributed by atoms with Gasteiger partial charge in [0.1, 0.15) is 11.9 Å². The Morgan fingerprint density at radius 3 is 2.75 bits per heavy atom. The Bertz CT molecular complexity index is 1430. The predicted molar refractivity (Wildman–Crippen MR) is 150 cm³/mol. The lowest BCUT2D eigenvalue weighted by atomic mass is 10.1. The van der Waals surface area contributed by atoms with Crippen molar-refractivity contribution in [3.8, 4) is 16.5 Å². The third-order valence-electron chi connectivity index (χ3n) is 6.77. The van der Waals surface area contributed by atoms with E-state index in [9.17, 15) is 17.6 Å². The number of carbonyl (C=O) groups excluding carboxylic acids is 1. The van der Waals surface area contributed by atoms with Crippen LogP contribution in [0.4, 0.5) is 10.1 Å². The number of likely N-dealkylation sites (tertiary alicyclic amines) is 1. The van der Waals surface area contributed by atoms with Crippen LogP contribution in [-0.2, 0) is 10.0 Å². The second-order valence-electron chi connectivity index (χ2n) is 9.85. The highest BCUT2D eigenvalue weighted by Crippen LogP contribution is 2.31. The van der Waals surface area contributed by atoms with Crippen LogP contribution in [0.25, 0.3) is 10.6 Å². The number of alkyl halides is 1. The van der Waals surface area contributed by atoms with Crippen molar-refractivity contribution in [1.82, 2.24) is 30.2 Å². The number of nitrogens with one attached hydrogen (secondary N) is 2. The van der Waals surface area contributed by atoms with Gasteiger partial charge in [-0.15, -0.1) is 11.3 Å². The summed E-state index contributed by atoms with van der Waals surface area (Å²) in [6.45, 7) is 4.23. The van der Waals surface area contributed by atoms with Crippen LogP contribution in [-0.4, -0.2) is 76.8 Å². The molecule has 1 atom stereocenters. The van der Waals surface area contributed by atoms with Gasteiger partial charge in [-0.25, -0.2) is 22.8 Å². The Morgan fingerprint density at radius 2 is 2.00 bits per heavy atom. The normalized spacial score (nSPS) is 17.4. The van der Waals surface area contributed by atoms with Gasteiger partial charge in [-0.1, -0.05) is 0 Å². The minimum atomic E-state index is -3.45. The molecule has 0 spiro atoms. The van der Waals surface area contributed by atoms with Crippen molar-refractivity contribution >= 4 is 33.0 Å². The van der Waals surface area contributed by atoms with Gasteiger partial charge in [-0.05, 0) is 51.2 Å². The Hall–Kier alpha value is -3.23. The lowest BCUT2D eigenvalue weighted by molar-refractivity contribution is 0.0925. The Kier molecular flexibility index (Phi) is 8.86. The molecule has 0 bridgehead atoms. The first-order valence-electron chi connectivity index (χ1n) is 13.4. The maximum atomic E-state index is 13.6. The topological polar surface area (TPSA) is 139 Å². The molecule has 1 saturated carbocycles. The molecule has 3 aromatic heterocycles. The van der Waals surface area contributed by atoms with Gasteiger partial charge in [0.15, 0.2) is 5.01 Å². The minimum Gasteiger partial charge on any atom is -0.477 e. The first-order chi connectivity index (χ1) is 19.3. The van der Waals surface area contributed by atoms with Crippen LogP contribution < -0.4 is 14.8 Å². The minimum absolute atomic E-state index is 0.243. The van der Waals surface area contributed by atoms with Crippen LogP contribution >= 0.6 is 11.3 Å². The molecule has 1 saturated heterocycles. The molecule has 3 aromatic rings. The van der Waals surface area contributed by atoms with E-state index >= 15 is 0 Å². The third kappa shape index (κ3) is 7.29. The average Bonchev–Trinajstić information content (AvgIpc) is 3.70. The lowest BCUT2D eigenvalue weighted by Gasteiger charge is -2.30. The monoisotopic (exact) mass is 589 g/mol. The molecular formula is C26H32FN7O4S2. The number of rotatable bonds is 12. The van der Waals surface area contributed by atoms with Gasteiger partial charge in [0.25, 0.3) is 5.91 Å². The van der Waals surface area contributed by atoms with Crippen LogP contribution in [0.3, 0.4) is 0 Å². The highest BCUT2D eigenvalue weighted by molar-refractivity contribution is 7.93. The lowest BCUT2D eigenvalue weighted by Crippen LogP contribution is -2.37. The highest BCUT2D eigenvalue weighted by atomic mass is 32.2. The van der Waals surface area contributed by atoms with Gasteiger partial charge >= 0.3 is 0 Å². The molecule has 14 heteroatoms. The molecule has 5 rings (SSSR count). The molecule has 214 valence electrons. The molecule has 40 heavy (non-hydrogen) atoms. The van der Waals surface area contributed by atoms with Crippen LogP contribution in [0.2, 0.25) is 0 Å². The van der Waals surface area contributed by atoms with Gasteiger partial charge in [0, 0.05) is 32.0 Å². The van der Waals surface area contributed by atoms with Crippen molar-refractivity contribution in [3.05, 3.63) is 47.6 Å². The number of ether oxygens (including phenoxy) is 1. The van der Waals surface area contributed by atoms with Crippen LogP contribution in [0.15, 0.2) is 36.9 Å². The van der Waals surface area contributed by atoms with Crippen LogP contribution in [0, 0.1) is 0 Å². The third-order valence-corrected chi connectivity index (χ3v) is 9.66. The van der Waals surface area contributed by atoms with Gasteiger partial charge in [-0.3, -0.25) is 19.5 Å². The number of amides is 1. The first-order valence-corrected chi connectivity index (χ1v) is 15.7. The number of aromatic nitrogens is 4. The van der Waals surface area contributed by atoms with E-state index in [1.807, 2.05) is 6.92 Å². The Morgan fingerprint density at radius 1 is 1.20 bits per heavy atom. The summed E-state index contributed by atoms with van der Waals surface area (Å²) in [5.74, 6) is 0.00271. The summed E-state index contributed by atoms with van der Waals surface area (Å²) in [4.78, 5) is 33.5. The standard InChI is InChI=1S/C26H32FN7O4S2/c1-2-38-24-16-28-14-22(31-24)23-15-30-26(39-23)25(35)32-20(8-12-34-10-6-17(27)7-11-34)21-13-18(5-9-29-21)33-40(36,37)19-3-4-19/h5,9,13-17,19-20H,2-4,6-8,10-12H2,1H3,(H,29,33)(H,32,35)/t20-/m0/s1. The van der Waals surface area contributed by atoms with Crippen molar-refractivity contribution < 1.29 is 22.3 Å². The summed E-state index contributed by atoms with van der Waals surface area (Å²) in [6, 6.07) is 2.73. The summed E-state index contributed by atoms with van der Waals surface area (Å²) in [5.41, 5.74) is 1.48. The van der Waals surface area contributed by atoms with Gasteiger partial charge < -0.3 is 15.0 Å². The molecule has 1 aliphatic carbocycles. The summed E-state index contributed by atoms with van der Waals surface area (Å²) < 4.78 is 46.7. The van der Waals surface area contributed by atoms with Crippen molar-refractivity contribution in [2.45, 2.75) is 56.5 Å². The van der Waals surface area contributed by atoms with E-state index in [2.05, 4.69) is 34.9 Å². The molecule has 1 aliphatic heterocycles. The fourth-order valence-electron chi connectivity index (χ4n) is 4.46. The Labute approximate surface area is 236 Å². The number of sulfonamides is 1. The van der Waals surface area contributed by atoms with Crippen molar-refractivity contribution in [2.24, 2.45) is 0 Å². The van der Waals surface area contributed by atoms with E-state index in [1.165, 1.54) is 23.7 Å². The summed E-state index contributed by atoms with van der Waals surface area (Å²) in [6.07, 6.45) is 8.22. The smallest absolute Gasteiger partial charge is 0.280 e. The van der Waals surface area contributed by atoms with Crippen molar-refractivity contribution in [1.29, 1.82) is 0 Å².